The summed E-state index contributed by atoms with van der Waals surface area (Å²) in [5, 5.41) is 10.9. The van der Waals surface area contributed by atoms with Crippen molar-refractivity contribution in [2.24, 2.45) is 0 Å². The molecule has 0 saturated carbocycles. The Morgan fingerprint density at radius 1 is 1.29 bits per heavy atom. The van der Waals surface area contributed by atoms with Crippen molar-refractivity contribution in [1.82, 2.24) is 24.9 Å². The Morgan fingerprint density at radius 3 is 2.79 bits per heavy atom. The van der Waals surface area contributed by atoms with E-state index in [0.29, 0.717) is 33.7 Å². The van der Waals surface area contributed by atoms with Crippen LogP contribution in [0.3, 0.4) is 0 Å². The highest BCUT2D eigenvalue weighted by Crippen LogP contribution is 2.17. The van der Waals surface area contributed by atoms with Crippen LogP contribution in [0.4, 0.5) is 0 Å². The van der Waals surface area contributed by atoms with Crippen LogP contribution in [-0.4, -0.2) is 37.9 Å². The molecule has 0 saturated heterocycles. The van der Waals surface area contributed by atoms with Crippen molar-refractivity contribution in [1.29, 1.82) is 0 Å². The molecule has 0 atom stereocenters. The van der Waals surface area contributed by atoms with Gasteiger partial charge < -0.3 is 10.1 Å². The zero-order valence-corrected chi connectivity index (χ0v) is 14.0. The molecule has 8 nitrogen and oxygen atoms in total. The summed E-state index contributed by atoms with van der Waals surface area (Å²) in [5.74, 6) is 0.640. The lowest BCUT2D eigenvalue weighted by molar-refractivity contribution is 0.0953. The first-order chi connectivity index (χ1) is 11.6. The third kappa shape index (κ3) is 3.11. The fraction of sp³-hybridized carbons (Fsp3) is 0.267. The van der Waals surface area contributed by atoms with E-state index < -0.39 is 0 Å². The molecule has 9 heteroatoms. The van der Waals surface area contributed by atoms with Gasteiger partial charge in [0.25, 0.3) is 11.8 Å². The smallest absolute Gasteiger partial charge is 0.261 e. The Hall–Kier alpha value is -2.81. The monoisotopic (exact) mass is 345 g/mol. The van der Waals surface area contributed by atoms with Gasteiger partial charge in [0.1, 0.15) is 0 Å². The number of ether oxygens (including phenoxy) is 1. The van der Waals surface area contributed by atoms with E-state index >= 15 is 0 Å². The van der Waals surface area contributed by atoms with Crippen LogP contribution in [0.1, 0.15) is 39.0 Å². The Kier molecular flexibility index (Phi) is 4.52. The number of nitrogens with zero attached hydrogens (tertiary/aromatic N) is 4. The average Bonchev–Trinajstić information content (AvgIpc) is 3.21. The highest BCUT2D eigenvalue weighted by molar-refractivity contribution is 7.15. The molecule has 1 amide bonds. The van der Waals surface area contributed by atoms with E-state index in [1.807, 2.05) is 6.92 Å². The molecule has 3 aromatic rings. The van der Waals surface area contributed by atoms with Gasteiger partial charge in [-0.15, -0.1) is 21.5 Å². The summed E-state index contributed by atoms with van der Waals surface area (Å²) in [7, 11) is 0. The van der Waals surface area contributed by atoms with Crippen LogP contribution in [0.2, 0.25) is 0 Å². The van der Waals surface area contributed by atoms with Crippen LogP contribution in [0.15, 0.2) is 24.5 Å². The average molecular weight is 345 g/mol. The molecule has 3 rings (SSSR count). The summed E-state index contributed by atoms with van der Waals surface area (Å²) in [4.78, 5) is 28.6. The van der Waals surface area contributed by atoms with E-state index in [9.17, 15) is 9.59 Å². The number of ketones is 1. The maximum Gasteiger partial charge on any atom is 0.261 e. The minimum Gasteiger partial charge on any atom is -0.475 e. The first-order valence-electron chi connectivity index (χ1n) is 7.30. The fourth-order valence-electron chi connectivity index (χ4n) is 2.11. The van der Waals surface area contributed by atoms with Gasteiger partial charge >= 0.3 is 0 Å². The van der Waals surface area contributed by atoms with Gasteiger partial charge in [-0.3, -0.25) is 14.0 Å². The van der Waals surface area contributed by atoms with Crippen molar-refractivity contribution in [3.63, 3.8) is 0 Å². The minimum atomic E-state index is -0.261. The molecule has 0 aliphatic carbocycles. The first-order valence-corrected chi connectivity index (χ1v) is 8.12. The van der Waals surface area contributed by atoms with Gasteiger partial charge in [0.05, 0.1) is 22.9 Å². The van der Waals surface area contributed by atoms with Crippen LogP contribution >= 0.6 is 11.3 Å². The number of carbonyl (C=O) groups excluding carboxylic acids is 2. The van der Waals surface area contributed by atoms with Crippen LogP contribution in [0.5, 0.6) is 5.88 Å². The number of Topliss-reactive ketones (excluding diaryl/α,β-unsaturated/α-hetero) is 1. The normalized spacial score (nSPS) is 10.8. The molecule has 0 spiro atoms. The molecule has 0 unspecified atom stereocenters. The molecule has 3 aromatic heterocycles. The predicted octanol–water partition coefficient (Wildman–Crippen LogP) is 1.72. The van der Waals surface area contributed by atoms with E-state index in [4.69, 9.17) is 4.74 Å². The largest absolute Gasteiger partial charge is 0.475 e. The highest BCUT2D eigenvalue weighted by Gasteiger charge is 2.14. The summed E-state index contributed by atoms with van der Waals surface area (Å²) >= 11 is 1.16. The number of fused-ring (bicyclic) bond motifs is 1. The number of hydrogen-bond acceptors (Lipinski definition) is 7. The third-order valence-corrected chi connectivity index (χ3v) is 4.41. The van der Waals surface area contributed by atoms with E-state index in [-0.39, 0.29) is 18.2 Å². The summed E-state index contributed by atoms with van der Waals surface area (Å²) in [6.07, 6.45) is 3.30. The van der Waals surface area contributed by atoms with Crippen molar-refractivity contribution in [2.45, 2.75) is 20.4 Å². The van der Waals surface area contributed by atoms with Crippen molar-refractivity contribution in [3.8, 4) is 5.88 Å². The SMILES string of the molecule is CCOc1nccn2c(CNC(=O)c3ccc(C(C)=O)s3)nnc12. The number of hydrogen-bond donors (Lipinski definition) is 1. The molecular weight excluding hydrogens is 330 g/mol. The second-order valence-electron chi connectivity index (χ2n) is 4.88. The van der Waals surface area contributed by atoms with Gasteiger partial charge in [-0.25, -0.2) is 4.98 Å². The molecule has 0 aromatic carbocycles. The maximum atomic E-state index is 12.2. The lowest BCUT2D eigenvalue weighted by Gasteiger charge is -2.04. The van der Waals surface area contributed by atoms with Crippen LogP contribution < -0.4 is 10.1 Å². The summed E-state index contributed by atoms with van der Waals surface area (Å²) in [6, 6.07) is 3.28. The molecule has 1 N–H and O–H groups in total. The fourth-order valence-corrected chi connectivity index (χ4v) is 2.92. The van der Waals surface area contributed by atoms with Crippen molar-refractivity contribution < 1.29 is 14.3 Å². The molecule has 0 radical (unpaired) electrons. The van der Waals surface area contributed by atoms with Gasteiger partial charge in [-0.2, -0.15) is 0 Å². The molecule has 3 heterocycles. The number of nitrogens with one attached hydrogen (secondary N) is 1. The second kappa shape index (κ2) is 6.75. The van der Waals surface area contributed by atoms with Gasteiger partial charge in [-0.1, -0.05) is 0 Å². The third-order valence-electron chi connectivity index (χ3n) is 3.23. The van der Waals surface area contributed by atoms with Gasteiger partial charge in [0.2, 0.25) is 5.65 Å². The topological polar surface area (TPSA) is 98.5 Å². The summed E-state index contributed by atoms with van der Waals surface area (Å²) < 4.78 is 7.12. The standard InChI is InChI=1S/C15H15N5O3S/c1-3-23-15-13-19-18-12(20(13)7-6-16-15)8-17-14(22)11-5-4-10(24-11)9(2)21/h4-7H,3,8H2,1-2H3,(H,17,22). The molecule has 124 valence electrons. The summed E-state index contributed by atoms with van der Waals surface area (Å²) in [5.41, 5.74) is 0.499. The van der Waals surface area contributed by atoms with E-state index in [2.05, 4.69) is 20.5 Å². The quantitative estimate of drug-likeness (QED) is 0.683. The number of rotatable bonds is 6. The van der Waals surface area contributed by atoms with Gasteiger partial charge in [-0.05, 0) is 26.0 Å². The molecule has 0 aliphatic heterocycles. The Balaban J connectivity index is 1.74. The Bertz CT molecular complexity index is 902. The van der Waals surface area contributed by atoms with Gasteiger partial charge in [0.15, 0.2) is 11.6 Å². The summed E-state index contributed by atoms with van der Waals surface area (Å²) in [6.45, 7) is 4.00. The zero-order chi connectivity index (χ0) is 17.1. The lowest BCUT2D eigenvalue weighted by Crippen LogP contribution is -2.23. The van der Waals surface area contributed by atoms with Crippen molar-refractivity contribution in [2.75, 3.05) is 6.61 Å². The van der Waals surface area contributed by atoms with E-state index in [1.54, 1.807) is 28.9 Å². The van der Waals surface area contributed by atoms with Crippen LogP contribution in [0, 0.1) is 0 Å². The van der Waals surface area contributed by atoms with Crippen molar-refractivity contribution in [3.05, 3.63) is 40.1 Å². The van der Waals surface area contributed by atoms with Crippen molar-refractivity contribution >= 4 is 28.7 Å². The molecule has 0 bridgehead atoms. The highest BCUT2D eigenvalue weighted by atomic mass is 32.1. The van der Waals surface area contributed by atoms with Crippen LogP contribution in [-0.2, 0) is 6.54 Å². The lowest BCUT2D eigenvalue weighted by atomic mass is 10.3. The first kappa shape index (κ1) is 16.1. The second-order valence-corrected chi connectivity index (χ2v) is 5.96. The minimum absolute atomic E-state index is 0.0570. The molecule has 0 aliphatic rings. The molecule has 0 fully saturated rings. The molecule has 24 heavy (non-hydrogen) atoms. The molecular formula is C15H15N5O3S. The Labute approximate surface area is 141 Å². The van der Waals surface area contributed by atoms with E-state index in [0.717, 1.165) is 11.3 Å². The number of aromatic nitrogens is 4. The number of thiophene rings is 1. The predicted molar refractivity (Wildman–Crippen MR) is 87.4 cm³/mol. The maximum absolute atomic E-state index is 12.2. The zero-order valence-electron chi connectivity index (χ0n) is 13.1. The Morgan fingerprint density at radius 2 is 2.08 bits per heavy atom. The van der Waals surface area contributed by atoms with Gasteiger partial charge in [0, 0.05) is 12.4 Å². The van der Waals surface area contributed by atoms with Crippen LogP contribution in [0.25, 0.3) is 5.65 Å². The van der Waals surface area contributed by atoms with E-state index in [1.165, 1.54) is 6.92 Å². The number of carbonyl (C=O) groups is 2. The number of amides is 1.